The van der Waals surface area contributed by atoms with Crippen molar-refractivity contribution in [3.05, 3.63) is 35.4 Å². The molecule has 3 N–H and O–H groups in total. The molecule has 0 aliphatic heterocycles. The summed E-state index contributed by atoms with van der Waals surface area (Å²) >= 11 is 0. The van der Waals surface area contributed by atoms with E-state index in [1.54, 1.807) is 19.0 Å². The van der Waals surface area contributed by atoms with Crippen molar-refractivity contribution < 1.29 is 14.3 Å². The van der Waals surface area contributed by atoms with Gasteiger partial charge in [0, 0.05) is 32.7 Å². The molecule has 182 valence electrons. The van der Waals surface area contributed by atoms with Crippen LogP contribution in [0, 0.1) is 5.92 Å². The molecule has 0 aliphatic carbocycles. The van der Waals surface area contributed by atoms with Gasteiger partial charge in [0.2, 0.25) is 0 Å². The smallest absolute Gasteiger partial charge is 0.407 e. The lowest BCUT2D eigenvalue weighted by Crippen LogP contribution is -2.50. The van der Waals surface area contributed by atoms with Gasteiger partial charge in [0.15, 0.2) is 5.96 Å². The van der Waals surface area contributed by atoms with Gasteiger partial charge in [-0.3, -0.25) is 4.79 Å². The molecule has 1 atom stereocenters. The summed E-state index contributed by atoms with van der Waals surface area (Å²) in [5, 5.41) is 9.44. The minimum absolute atomic E-state index is 0. The number of rotatable bonds is 8. The molecule has 0 saturated heterocycles. The van der Waals surface area contributed by atoms with Gasteiger partial charge in [0.05, 0.1) is 12.6 Å². The first-order valence-corrected chi connectivity index (χ1v) is 10.7. The van der Waals surface area contributed by atoms with E-state index in [2.05, 4.69) is 20.9 Å². The summed E-state index contributed by atoms with van der Waals surface area (Å²) in [4.78, 5) is 30.3. The summed E-state index contributed by atoms with van der Waals surface area (Å²) in [6.07, 6.45) is -0.428. The van der Waals surface area contributed by atoms with Crippen LogP contribution in [0.3, 0.4) is 0 Å². The van der Waals surface area contributed by atoms with Gasteiger partial charge in [0.1, 0.15) is 5.60 Å². The van der Waals surface area contributed by atoms with E-state index < -0.39 is 11.7 Å². The van der Waals surface area contributed by atoms with Gasteiger partial charge < -0.3 is 25.6 Å². The van der Waals surface area contributed by atoms with Gasteiger partial charge >= 0.3 is 6.09 Å². The number of hydrogen-bond donors (Lipinski definition) is 3. The molecule has 1 aromatic rings. The van der Waals surface area contributed by atoms with Gasteiger partial charge in [-0.1, -0.05) is 26.0 Å². The van der Waals surface area contributed by atoms with Gasteiger partial charge in [-0.25, -0.2) is 9.79 Å². The number of carbonyl (C=O) groups is 2. The maximum absolute atomic E-state index is 12.1. The monoisotopic (exact) mass is 561 g/mol. The Morgan fingerprint density at radius 1 is 1.09 bits per heavy atom. The van der Waals surface area contributed by atoms with Gasteiger partial charge in [-0.2, -0.15) is 0 Å². The van der Waals surface area contributed by atoms with Crippen molar-refractivity contribution >= 4 is 41.9 Å². The van der Waals surface area contributed by atoms with E-state index in [0.29, 0.717) is 31.2 Å². The van der Waals surface area contributed by atoms with E-state index in [1.807, 2.05) is 65.8 Å². The summed E-state index contributed by atoms with van der Waals surface area (Å²) in [6, 6.07) is 7.32. The molecular weight excluding hydrogens is 521 g/mol. The summed E-state index contributed by atoms with van der Waals surface area (Å²) in [7, 11) is 3.47. The lowest BCUT2D eigenvalue weighted by Gasteiger charge is -2.26. The van der Waals surface area contributed by atoms with E-state index in [4.69, 9.17) is 4.74 Å². The fraction of sp³-hybridized carbons (Fsp3) is 0.609. The van der Waals surface area contributed by atoms with E-state index in [1.165, 1.54) is 0 Å². The first kappa shape index (κ1) is 30.0. The largest absolute Gasteiger partial charge is 0.444 e. The van der Waals surface area contributed by atoms with Gasteiger partial charge in [0.25, 0.3) is 5.91 Å². The number of hydrogen-bond acceptors (Lipinski definition) is 4. The zero-order valence-electron chi connectivity index (χ0n) is 20.6. The van der Waals surface area contributed by atoms with Crippen molar-refractivity contribution in [2.45, 2.75) is 59.7 Å². The van der Waals surface area contributed by atoms with Crippen LogP contribution in [0.15, 0.2) is 29.3 Å². The molecule has 0 radical (unpaired) electrons. The summed E-state index contributed by atoms with van der Waals surface area (Å²) < 4.78 is 5.37. The zero-order chi connectivity index (χ0) is 23.6. The normalized spacial score (nSPS) is 12.5. The van der Waals surface area contributed by atoms with Crippen molar-refractivity contribution in [1.29, 1.82) is 0 Å². The van der Waals surface area contributed by atoms with Crippen LogP contribution in [0.1, 0.15) is 57.5 Å². The molecular formula is C23H40IN5O3. The number of nitrogens with zero attached hydrogens (tertiary/aromatic N) is 2. The predicted molar refractivity (Wildman–Crippen MR) is 141 cm³/mol. The number of halogens is 1. The minimum atomic E-state index is -0.540. The molecule has 1 rings (SSSR count). The zero-order valence-corrected chi connectivity index (χ0v) is 22.9. The average Bonchev–Trinajstić information content (AvgIpc) is 2.67. The third kappa shape index (κ3) is 11.5. The van der Waals surface area contributed by atoms with E-state index in [0.717, 1.165) is 5.56 Å². The Labute approximate surface area is 210 Å². The second kappa shape index (κ2) is 14.2. The Bertz CT molecular complexity index is 743. The highest BCUT2D eigenvalue weighted by Crippen LogP contribution is 2.09. The highest BCUT2D eigenvalue weighted by molar-refractivity contribution is 14.0. The van der Waals surface area contributed by atoms with Crippen LogP contribution in [-0.2, 0) is 11.3 Å². The lowest BCUT2D eigenvalue weighted by molar-refractivity contribution is 0.0491. The van der Waals surface area contributed by atoms with Crippen LogP contribution in [0.4, 0.5) is 4.79 Å². The summed E-state index contributed by atoms with van der Waals surface area (Å²) in [5.41, 5.74) is 1.11. The SMILES string of the molecule is CCNC(=NCc1ccc(C(=O)N(C)C)cc1)NCC(NC(=O)OC(C)(C)C)C(C)C.I. The second-order valence-corrected chi connectivity index (χ2v) is 8.97. The molecule has 0 bridgehead atoms. The number of amides is 2. The molecule has 32 heavy (non-hydrogen) atoms. The third-order valence-corrected chi connectivity index (χ3v) is 4.37. The molecule has 1 unspecified atom stereocenters. The topological polar surface area (TPSA) is 95.1 Å². The maximum Gasteiger partial charge on any atom is 0.407 e. The number of guanidine groups is 1. The number of benzene rings is 1. The second-order valence-electron chi connectivity index (χ2n) is 8.97. The molecule has 9 heteroatoms. The Morgan fingerprint density at radius 3 is 2.16 bits per heavy atom. The van der Waals surface area contributed by atoms with Crippen molar-refractivity contribution in [1.82, 2.24) is 20.9 Å². The van der Waals surface area contributed by atoms with Crippen LogP contribution in [0.5, 0.6) is 0 Å². The van der Waals surface area contributed by atoms with Crippen LogP contribution < -0.4 is 16.0 Å². The first-order valence-electron chi connectivity index (χ1n) is 10.7. The Kier molecular flexibility index (Phi) is 13.3. The standard InChI is InChI=1S/C23H39N5O3.HI/c1-9-24-21(25-14-17-10-12-18(13-11-17)20(29)28(7)8)26-15-19(16(2)3)27-22(30)31-23(4,5)6;/h10-13,16,19H,9,14-15H2,1-8H3,(H,27,30)(H2,24,25,26);1H. The maximum atomic E-state index is 12.1. The Hall–Kier alpha value is -2.04. The lowest BCUT2D eigenvalue weighted by atomic mass is 10.0. The summed E-state index contributed by atoms with van der Waals surface area (Å²) in [6.45, 7) is 13.3. The van der Waals surface area contributed by atoms with Crippen molar-refractivity contribution in [2.24, 2.45) is 10.9 Å². The van der Waals surface area contributed by atoms with Gasteiger partial charge in [-0.05, 0) is 51.3 Å². The summed E-state index contributed by atoms with van der Waals surface area (Å²) in [5.74, 6) is 0.847. The molecule has 0 aromatic heterocycles. The van der Waals surface area contributed by atoms with Crippen molar-refractivity contribution in [3.63, 3.8) is 0 Å². The number of aliphatic imine (C=N–C) groups is 1. The third-order valence-electron chi connectivity index (χ3n) is 4.37. The predicted octanol–water partition coefficient (Wildman–Crippen LogP) is 3.61. The van der Waals surface area contributed by atoms with E-state index in [-0.39, 0.29) is 41.8 Å². The highest BCUT2D eigenvalue weighted by Gasteiger charge is 2.21. The van der Waals surface area contributed by atoms with E-state index >= 15 is 0 Å². The van der Waals surface area contributed by atoms with Crippen molar-refractivity contribution in [2.75, 3.05) is 27.2 Å². The van der Waals surface area contributed by atoms with Crippen LogP contribution >= 0.6 is 24.0 Å². The van der Waals surface area contributed by atoms with Crippen LogP contribution in [0.2, 0.25) is 0 Å². The minimum Gasteiger partial charge on any atom is -0.444 e. The molecule has 0 heterocycles. The fourth-order valence-corrected chi connectivity index (χ4v) is 2.64. The highest BCUT2D eigenvalue weighted by atomic mass is 127. The molecule has 0 spiro atoms. The number of nitrogens with one attached hydrogen (secondary N) is 3. The van der Waals surface area contributed by atoms with Crippen molar-refractivity contribution in [3.8, 4) is 0 Å². The molecule has 0 aliphatic rings. The average molecular weight is 562 g/mol. The van der Waals surface area contributed by atoms with Crippen LogP contribution in [0.25, 0.3) is 0 Å². The fourth-order valence-electron chi connectivity index (χ4n) is 2.64. The Morgan fingerprint density at radius 2 is 1.69 bits per heavy atom. The molecule has 0 saturated carbocycles. The Balaban J connectivity index is 0.00000961. The molecule has 1 aromatic carbocycles. The van der Waals surface area contributed by atoms with E-state index in [9.17, 15) is 9.59 Å². The number of ether oxygens (including phenoxy) is 1. The first-order chi connectivity index (χ1) is 14.4. The van der Waals surface area contributed by atoms with Crippen LogP contribution in [-0.4, -0.2) is 61.7 Å². The molecule has 2 amide bonds. The number of alkyl carbamates (subject to hydrolysis) is 1. The molecule has 0 fully saturated rings. The van der Waals surface area contributed by atoms with Gasteiger partial charge in [-0.15, -0.1) is 24.0 Å². The molecule has 8 nitrogen and oxygen atoms in total. The number of carbonyl (C=O) groups excluding carboxylic acids is 2. The quantitative estimate of drug-likeness (QED) is 0.256.